The predicted octanol–water partition coefficient (Wildman–Crippen LogP) is 4.47. The van der Waals surface area contributed by atoms with Crippen LogP contribution in [-0.2, 0) is 22.0 Å². The molecule has 3 aromatic rings. The minimum atomic E-state index is -3.91. The third kappa shape index (κ3) is 7.13. The van der Waals surface area contributed by atoms with Gasteiger partial charge in [0.2, 0.25) is 11.9 Å². The number of nitrogens with zero attached hydrogens (tertiary/aromatic N) is 3. The lowest BCUT2D eigenvalue weighted by Crippen LogP contribution is -2.44. The van der Waals surface area contributed by atoms with Gasteiger partial charge in [0.15, 0.2) is 9.84 Å². The molecule has 0 radical (unpaired) electrons. The van der Waals surface area contributed by atoms with Crippen LogP contribution in [0.25, 0.3) is 22.3 Å². The van der Waals surface area contributed by atoms with E-state index < -0.39 is 45.7 Å². The summed E-state index contributed by atoms with van der Waals surface area (Å²) in [5.74, 6) is -4.89. The van der Waals surface area contributed by atoms with E-state index in [1.165, 1.54) is 12.1 Å². The highest BCUT2D eigenvalue weighted by Gasteiger charge is 2.26. The van der Waals surface area contributed by atoms with Crippen LogP contribution in [0, 0.1) is 5.82 Å². The summed E-state index contributed by atoms with van der Waals surface area (Å²) in [5.41, 5.74) is 2.77. The van der Waals surface area contributed by atoms with E-state index in [4.69, 9.17) is 0 Å². The number of alkyl halides is 3. The molecule has 200 valence electrons. The van der Waals surface area contributed by atoms with Crippen LogP contribution in [0.2, 0.25) is 0 Å². The topological polar surface area (TPSA) is 96.9 Å². The lowest BCUT2D eigenvalue weighted by atomic mass is 10.0. The van der Waals surface area contributed by atoms with Crippen molar-refractivity contribution in [2.75, 3.05) is 24.2 Å². The molecule has 0 spiro atoms. The maximum absolute atomic E-state index is 14.8. The Morgan fingerprint density at radius 3 is 2.62 bits per heavy atom. The standard InChI is InChI=1S/C25H29F4N5O2S/c1-3-15-9-21(16-4-5-17(20(27)8-16)14-37(35,36)7-6-25(2,28)29)33-22-13-31-24(34-23(15)22)32-19-10-18(26)11-30-12-19/h4-5,8-9,13,18-19,30H,3,6-7,10-12,14H2,1-2H3,(H,31,32,34)/t18-,19-/m0/s1. The number of benzene rings is 1. The molecule has 1 aliphatic heterocycles. The second-order valence-corrected chi connectivity index (χ2v) is 11.7. The Morgan fingerprint density at radius 1 is 1.16 bits per heavy atom. The number of fused-ring (bicyclic) bond motifs is 1. The lowest BCUT2D eigenvalue weighted by Gasteiger charge is -2.26. The summed E-state index contributed by atoms with van der Waals surface area (Å²) >= 11 is 0. The number of aryl methyl sites for hydroxylation is 1. The smallest absolute Gasteiger partial charge is 0.246 e. The van der Waals surface area contributed by atoms with Gasteiger partial charge in [0, 0.05) is 43.1 Å². The molecule has 2 aromatic heterocycles. The van der Waals surface area contributed by atoms with Gasteiger partial charge in [-0.05, 0) is 31.0 Å². The fraction of sp³-hybridized carbons (Fsp3) is 0.480. The number of pyridine rings is 1. The first-order valence-corrected chi connectivity index (χ1v) is 13.9. The number of nitrogens with one attached hydrogen (secondary N) is 2. The highest BCUT2D eigenvalue weighted by atomic mass is 32.2. The van der Waals surface area contributed by atoms with E-state index in [0.717, 1.165) is 5.56 Å². The third-order valence-corrected chi connectivity index (χ3v) is 7.79. The van der Waals surface area contributed by atoms with E-state index >= 15 is 0 Å². The number of anilines is 1. The van der Waals surface area contributed by atoms with E-state index in [2.05, 4.69) is 25.6 Å². The number of aromatic nitrogens is 3. The maximum Gasteiger partial charge on any atom is 0.246 e. The molecule has 2 atom stereocenters. The van der Waals surface area contributed by atoms with Crippen LogP contribution in [-0.4, -0.2) is 60.3 Å². The van der Waals surface area contributed by atoms with Gasteiger partial charge in [0.05, 0.1) is 28.9 Å². The average Bonchev–Trinajstić information content (AvgIpc) is 2.83. The van der Waals surface area contributed by atoms with Crippen molar-refractivity contribution in [2.24, 2.45) is 0 Å². The molecule has 7 nitrogen and oxygen atoms in total. The molecule has 0 bridgehead atoms. The Labute approximate surface area is 213 Å². The monoisotopic (exact) mass is 539 g/mol. The molecule has 0 unspecified atom stereocenters. The Morgan fingerprint density at radius 2 is 1.95 bits per heavy atom. The van der Waals surface area contributed by atoms with Crippen LogP contribution >= 0.6 is 0 Å². The summed E-state index contributed by atoms with van der Waals surface area (Å²) in [6.45, 7) is 3.53. The molecule has 0 amide bonds. The summed E-state index contributed by atoms with van der Waals surface area (Å²) in [5, 5.41) is 6.18. The van der Waals surface area contributed by atoms with Crippen molar-refractivity contribution in [3.63, 3.8) is 0 Å². The minimum Gasteiger partial charge on any atom is -0.350 e. The number of hydrogen-bond donors (Lipinski definition) is 2. The molecule has 2 N–H and O–H groups in total. The Hall–Kier alpha value is -2.86. The normalized spacial score (nSPS) is 18.8. The average molecular weight is 540 g/mol. The first-order chi connectivity index (χ1) is 17.4. The molecule has 1 saturated heterocycles. The van der Waals surface area contributed by atoms with E-state index in [-0.39, 0.29) is 11.6 Å². The van der Waals surface area contributed by atoms with Crippen LogP contribution in [0.3, 0.4) is 0 Å². The number of rotatable bonds is 9. The van der Waals surface area contributed by atoms with Gasteiger partial charge in [-0.25, -0.2) is 40.9 Å². The highest BCUT2D eigenvalue weighted by Crippen LogP contribution is 2.27. The summed E-state index contributed by atoms with van der Waals surface area (Å²) < 4.78 is 79.0. The van der Waals surface area contributed by atoms with Gasteiger partial charge in [0.25, 0.3) is 0 Å². The minimum absolute atomic E-state index is 0.0913. The van der Waals surface area contributed by atoms with Crippen LogP contribution in [0.1, 0.15) is 37.8 Å². The van der Waals surface area contributed by atoms with Crippen molar-refractivity contribution >= 4 is 26.8 Å². The fourth-order valence-corrected chi connectivity index (χ4v) is 5.75. The Kier molecular flexibility index (Phi) is 7.98. The van der Waals surface area contributed by atoms with E-state index in [1.54, 1.807) is 18.3 Å². The van der Waals surface area contributed by atoms with Gasteiger partial charge in [-0.2, -0.15) is 0 Å². The van der Waals surface area contributed by atoms with Gasteiger partial charge in [-0.1, -0.05) is 19.1 Å². The molecule has 37 heavy (non-hydrogen) atoms. The van der Waals surface area contributed by atoms with Crippen molar-refractivity contribution < 1.29 is 26.0 Å². The van der Waals surface area contributed by atoms with Crippen molar-refractivity contribution in [2.45, 2.75) is 57.0 Å². The lowest BCUT2D eigenvalue weighted by molar-refractivity contribution is 0.0189. The Balaban J connectivity index is 1.56. The number of piperidine rings is 1. The zero-order valence-corrected chi connectivity index (χ0v) is 21.4. The van der Waals surface area contributed by atoms with E-state index in [1.807, 2.05) is 6.92 Å². The van der Waals surface area contributed by atoms with E-state index in [0.29, 0.717) is 61.1 Å². The summed E-state index contributed by atoms with van der Waals surface area (Å²) in [6.07, 6.45) is 0.775. The molecule has 1 fully saturated rings. The van der Waals surface area contributed by atoms with Crippen molar-refractivity contribution in [3.8, 4) is 11.3 Å². The fourth-order valence-electron chi connectivity index (χ4n) is 4.23. The number of hydrogen-bond acceptors (Lipinski definition) is 7. The molecule has 12 heteroatoms. The zero-order valence-electron chi connectivity index (χ0n) is 20.6. The summed E-state index contributed by atoms with van der Waals surface area (Å²) in [6, 6.07) is 5.72. The first-order valence-electron chi connectivity index (χ1n) is 12.1. The molecule has 1 aromatic carbocycles. The van der Waals surface area contributed by atoms with Crippen LogP contribution in [0.5, 0.6) is 0 Å². The zero-order chi connectivity index (χ0) is 26.8. The molecule has 0 saturated carbocycles. The van der Waals surface area contributed by atoms with Crippen molar-refractivity contribution in [1.29, 1.82) is 0 Å². The van der Waals surface area contributed by atoms with Gasteiger partial charge < -0.3 is 10.6 Å². The van der Waals surface area contributed by atoms with Crippen molar-refractivity contribution in [3.05, 3.63) is 47.4 Å². The molecule has 4 rings (SSSR count). The largest absolute Gasteiger partial charge is 0.350 e. The van der Waals surface area contributed by atoms with Crippen LogP contribution < -0.4 is 10.6 Å². The highest BCUT2D eigenvalue weighted by molar-refractivity contribution is 7.90. The SMILES string of the molecule is CCc1cc(-c2ccc(CS(=O)(=O)CCC(C)(F)F)c(F)c2)nc2cnc(N[C@@H]3CNC[C@@H](F)C3)nc12. The van der Waals surface area contributed by atoms with Crippen LogP contribution in [0.15, 0.2) is 30.5 Å². The van der Waals surface area contributed by atoms with Gasteiger partial charge in [0.1, 0.15) is 17.5 Å². The second-order valence-electron chi connectivity index (χ2n) is 9.50. The Bertz CT molecular complexity index is 1380. The van der Waals surface area contributed by atoms with Crippen LogP contribution in [0.4, 0.5) is 23.5 Å². The third-order valence-electron chi connectivity index (χ3n) is 6.21. The van der Waals surface area contributed by atoms with Crippen molar-refractivity contribution in [1.82, 2.24) is 20.3 Å². The second kappa shape index (κ2) is 10.9. The van der Waals surface area contributed by atoms with E-state index in [9.17, 15) is 26.0 Å². The molecule has 1 aliphatic rings. The van der Waals surface area contributed by atoms with Gasteiger partial charge >= 0.3 is 0 Å². The molecule has 3 heterocycles. The number of sulfone groups is 1. The number of halogens is 4. The van der Waals surface area contributed by atoms with Gasteiger partial charge in [-0.15, -0.1) is 0 Å². The summed E-state index contributed by atoms with van der Waals surface area (Å²) in [7, 11) is -3.91. The maximum atomic E-state index is 14.8. The predicted molar refractivity (Wildman–Crippen MR) is 135 cm³/mol. The quantitative estimate of drug-likeness (QED) is 0.388. The molecular weight excluding hydrogens is 510 g/mol. The first kappa shape index (κ1) is 27.2. The van der Waals surface area contributed by atoms with Gasteiger partial charge in [-0.3, -0.25) is 0 Å². The molecular formula is C25H29F4N5O2S. The summed E-state index contributed by atoms with van der Waals surface area (Å²) in [4.78, 5) is 13.5. The molecule has 0 aliphatic carbocycles.